The summed E-state index contributed by atoms with van der Waals surface area (Å²) in [5.74, 6) is 1.00. The van der Waals surface area contributed by atoms with Crippen LogP contribution in [0.4, 0.5) is 5.69 Å². The first-order valence-corrected chi connectivity index (χ1v) is 11.1. The second kappa shape index (κ2) is 8.92. The van der Waals surface area contributed by atoms with Crippen LogP contribution in [0.5, 0.6) is 11.5 Å². The summed E-state index contributed by atoms with van der Waals surface area (Å²) in [4.78, 5) is 0. The molecule has 0 aliphatic carbocycles. The molecule has 0 saturated carbocycles. The molecule has 0 fully saturated rings. The van der Waals surface area contributed by atoms with Crippen molar-refractivity contribution in [3.63, 3.8) is 0 Å². The number of thiocarbonyl (C=S) groups is 1. The Morgan fingerprint density at radius 2 is 1.70 bits per heavy atom. The second-order valence-electron chi connectivity index (χ2n) is 7.83. The monoisotopic (exact) mass is 453 g/mol. The zero-order valence-corrected chi connectivity index (χ0v) is 18.9. The highest BCUT2D eigenvalue weighted by Crippen LogP contribution is 2.40. The van der Waals surface area contributed by atoms with Crippen molar-refractivity contribution in [1.29, 1.82) is 0 Å². The number of hydrazone groups is 1. The van der Waals surface area contributed by atoms with Gasteiger partial charge in [0.25, 0.3) is 0 Å². The molecular weight excluding hydrogens is 430 g/mol. The maximum absolute atomic E-state index is 11.1. The maximum atomic E-state index is 11.1. The van der Waals surface area contributed by atoms with E-state index in [1.807, 2.05) is 96.0 Å². The predicted octanol–water partition coefficient (Wildman–Crippen LogP) is 6.10. The van der Waals surface area contributed by atoms with Crippen LogP contribution in [0.15, 0.2) is 96.1 Å². The van der Waals surface area contributed by atoms with Gasteiger partial charge in [0.15, 0.2) is 5.11 Å². The van der Waals surface area contributed by atoms with Crippen LogP contribution in [0.3, 0.4) is 0 Å². The molecule has 1 unspecified atom stereocenters. The third-order valence-corrected chi connectivity index (χ3v) is 6.14. The first kappa shape index (κ1) is 21.0. The molecule has 33 heavy (non-hydrogen) atoms. The van der Waals surface area contributed by atoms with Gasteiger partial charge in [0.1, 0.15) is 11.5 Å². The number of para-hydroxylation sites is 2. The van der Waals surface area contributed by atoms with Crippen molar-refractivity contribution < 1.29 is 9.84 Å². The fraction of sp³-hybridized carbons (Fsp3) is 0.111. The normalized spacial score (nSPS) is 15.4. The highest BCUT2D eigenvalue weighted by atomic mass is 32.1. The van der Waals surface area contributed by atoms with E-state index >= 15 is 0 Å². The summed E-state index contributed by atoms with van der Waals surface area (Å²) in [5.41, 5.74) is 3.35. The Hall–Kier alpha value is -3.90. The number of aromatic hydroxyl groups is 1. The molecule has 4 aromatic rings. The lowest BCUT2D eigenvalue weighted by atomic mass is 9.95. The summed E-state index contributed by atoms with van der Waals surface area (Å²) >= 11 is 5.77. The molecular formula is C27H23N3O2S. The summed E-state index contributed by atoms with van der Waals surface area (Å²) in [6, 6.07) is 29.2. The summed E-state index contributed by atoms with van der Waals surface area (Å²) in [5, 5.41) is 23.3. The van der Waals surface area contributed by atoms with E-state index in [1.54, 1.807) is 7.11 Å². The molecule has 1 aliphatic rings. The standard InChI is InChI=1S/C27H23N3O2S/c1-32-25-14-8-7-13-22(25)24-17-23(21-16-15-18-9-5-6-12-20(18)26(21)31)29-30(24)27(33)28-19-10-3-2-4-11-19/h2-16,24,31H,17H2,1H3,(H,28,33). The first-order chi connectivity index (χ1) is 16.2. The number of methoxy groups -OCH3 is 1. The molecule has 1 atom stereocenters. The van der Waals surface area contributed by atoms with Gasteiger partial charge in [-0.2, -0.15) is 5.10 Å². The van der Waals surface area contributed by atoms with Gasteiger partial charge in [-0.1, -0.05) is 66.7 Å². The van der Waals surface area contributed by atoms with Gasteiger partial charge in [0.2, 0.25) is 0 Å². The Bertz CT molecular complexity index is 1350. The maximum Gasteiger partial charge on any atom is 0.194 e. The van der Waals surface area contributed by atoms with Crippen molar-refractivity contribution in [2.75, 3.05) is 12.4 Å². The van der Waals surface area contributed by atoms with Gasteiger partial charge in [-0.25, -0.2) is 5.01 Å². The largest absolute Gasteiger partial charge is 0.507 e. The van der Waals surface area contributed by atoms with E-state index < -0.39 is 0 Å². The third-order valence-electron chi connectivity index (χ3n) is 5.85. The lowest BCUT2D eigenvalue weighted by Gasteiger charge is -2.26. The van der Waals surface area contributed by atoms with Gasteiger partial charge in [0, 0.05) is 28.6 Å². The molecule has 164 valence electrons. The molecule has 5 nitrogen and oxygen atoms in total. The molecule has 0 spiro atoms. The molecule has 1 aliphatic heterocycles. The molecule has 0 amide bonds. The lowest BCUT2D eigenvalue weighted by molar-refractivity contribution is 0.350. The van der Waals surface area contributed by atoms with Crippen LogP contribution in [0.1, 0.15) is 23.6 Å². The summed E-state index contributed by atoms with van der Waals surface area (Å²) in [7, 11) is 1.66. The van der Waals surface area contributed by atoms with Gasteiger partial charge in [-0.3, -0.25) is 0 Å². The molecule has 0 radical (unpaired) electrons. The van der Waals surface area contributed by atoms with Crippen molar-refractivity contribution in [2.45, 2.75) is 12.5 Å². The smallest absolute Gasteiger partial charge is 0.194 e. The average molecular weight is 454 g/mol. The molecule has 0 bridgehead atoms. The fourth-order valence-electron chi connectivity index (χ4n) is 4.23. The predicted molar refractivity (Wildman–Crippen MR) is 137 cm³/mol. The fourth-order valence-corrected chi connectivity index (χ4v) is 4.52. The van der Waals surface area contributed by atoms with Crippen LogP contribution in [0.25, 0.3) is 10.8 Å². The van der Waals surface area contributed by atoms with E-state index in [0.717, 1.165) is 33.5 Å². The number of hydrogen-bond donors (Lipinski definition) is 2. The van der Waals surface area contributed by atoms with Crippen LogP contribution >= 0.6 is 12.2 Å². The molecule has 1 heterocycles. The van der Waals surface area contributed by atoms with Crippen molar-refractivity contribution in [3.8, 4) is 11.5 Å². The Labute approximate surface area is 197 Å². The number of phenols is 1. The van der Waals surface area contributed by atoms with E-state index in [0.29, 0.717) is 17.1 Å². The number of phenolic OH excluding ortho intramolecular Hbond substituents is 1. The van der Waals surface area contributed by atoms with Crippen LogP contribution in [-0.2, 0) is 0 Å². The minimum atomic E-state index is -0.175. The van der Waals surface area contributed by atoms with Crippen LogP contribution < -0.4 is 10.1 Å². The average Bonchev–Trinajstić information content (AvgIpc) is 3.30. The Morgan fingerprint density at radius 1 is 0.970 bits per heavy atom. The number of nitrogens with zero attached hydrogens (tertiary/aromatic N) is 2. The minimum absolute atomic E-state index is 0.175. The number of anilines is 1. The SMILES string of the molecule is COc1ccccc1C1CC(c2ccc3ccccc3c2O)=NN1C(=S)Nc1ccccc1. The van der Waals surface area contributed by atoms with Gasteiger partial charge in [0.05, 0.1) is 18.9 Å². The highest BCUT2D eigenvalue weighted by Gasteiger charge is 2.34. The van der Waals surface area contributed by atoms with E-state index in [2.05, 4.69) is 5.32 Å². The third kappa shape index (κ3) is 4.01. The highest BCUT2D eigenvalue weighted by molar-refractivity contribution is 7.80. The number of ether oxygens (including phenoxy) is 1. The number of benzene rings is 4. The van der Waals surface area contributed by atoms with Gasteiger partial charge < -0.3 is 15.2 Å². The zero-order chi connectivity index (χ0) is 22.8. The molecule has 0 aromatic heterocycles. The Morgan fingerprint density at radius 3 is 2.52 bits per heavy atom. The van der Waals surface area contributed by atoms with Crippen LogP contribution in [-0.4, -0.2) is 28.0 Å². The van der Waals surface area contributed by atoms with Crippen molar-refractivity contribution in [3.05, 3.63) is 102 Å². The van der Waals surface area contributed by atoms with E-state index in [4.69, 9.17) is 22.1 Å². The molecule has 6 heteroatoms. The topological polar surface area (TPSA) is 57.1 Å². The molecule has 5 rings (SSSR count). The zero-order valence-electron chi connectivity index (χ0n) is 18.1. The van der Waals surface area contributed by atoms with Crippen LogP contribution in [0.2, 0.25) is 0 Å². The molecule has 0 saturated heterocycles. The van der Waals surface area contributed by atoms with Crippen LogP contribution in [0, 0.1) is 0 Å². The number of hydrogen-bond acceptors (Lipinski definition) is 4. The second-order valence-corrected chi connectivity index (χ2v) is 8.22. The molecule has 2 N–H and O–H groups in total. The van der Waals surface area contributed by atoms with Gasteiger partial charge in [-0.05, 0) is 41.9 Å². The molecule has 4 aromatic carbocycles. The van der Waals surface area contributed by atoms with E-state index in [1.165, 1.54) is 0 Å². The van der Waals surface area contributed by atoms with Gasteiger partial charge in [-0.15, -0.1) is 0 Å². The summed E-state index contributed by atoms with van der Waals surface area (Å²) in [6.07, 6.45) is 0.572. The number of rotatable bonds is 4. The quantitative estimate of drug-likeness (QED) is 0.366. The lowest BCUT2D eigenvalue weighted by Crippen LogP contribution is -2.31. The Kier molecular flexibility index (Phi) is 5.67. The van der Waals surface area contributed by atoms with E-state index in [9.17, 15) is 5.11 Å². The van der Waals surface area contributed by atoms with Crippen molar-refractivity contribution in [2.24, 2.45) is 5.10 Å². The number of fused-ring (bicyclic) bond motifs is 1. The Balaban J connectivity index is 1.56. The number of nitrogens with one attached hydrogen (secondary N) is 1. The first-order valence-electron chi connectivity index (χ1n) is 10.7. The summed E-state index contributed by atoms with van der Waals surface area (Å²) < 4.78 is 5.64. The minimum Gasteiger partial charge on any atom is -0.507 e. The van der Waals surface area contributed by atoms with Crippen molar-refractivity contribution >= 4 is 39.5 Å². The van der Waals surface area contributed by atoms with Crippen molar-refractivity contribution in [1.82, 2.24) is 5.01 Å². The summed E-state index contributed by atoms with van der Waals surface area (Å²) in [6.45, 7) is 0. The van der Waals surface area contributed by atoms with Gasteiger partial charge >= 0.3 is 0 Å². The van der Waals surface area contributed by atoms with E-state index in [-0.39, 0.29) is 11.8 Å².